The number of nitrogens with zero attached hydrogens (tertiary/aromatic N) is 2. The van der Waals surface area contributed by atoms with Gasteiger partial charge in [-0.1, -0.05) is 45.6 Å². The van der Waals surface area contributed by atoms with Crippen LogP contribution in [0.1, 0.15) is 103 Å². The van der Waals surface area contributed by atoms with Gasteiger partial charge in [-0.3, -0.25) is 9.59 Å². The highest BCUT2D eigenvalue weighted by Crippen LogP contribution is 2.70. The molecule has 1 aliphatic heterocycles. The summed E-state index contributed by atoms with van der Waals surface area (Å²) >= 11 is 0. The zero-order chi connectivity index (χ0) is 33.4. The Morgan fingerprint density at radius 3 is 2.65 bits per heavy atom. The van der Waals surface area contributed by atoms with Gasteiger partial charge in [-0.15, -0.1) is 0 Å². The van der Waals surface area contributed by atoms with Crippen LogP contribution in [0.25, 0.3) is 11.8 Å². The number of nitrogens with two attached hydrogens (primary N) is 1. The number of rotatable bonds is 7. The third-order valence-corrected chi connectivity index (χ3v) is 13.6. The number of nitrogen functional groups attached to an aromatic ring is 1. The van der Waals surface area contributed by atoms with Crippen molar-refractivity contribution in [3.63, 3.8) is 0 Å². The molecule has 9 heteroatoms. The van der Waals surface area contributed by atoms with Crippen molar-refractivity contribution >= 4 is 23.5 Å². The fourth-order valence-electron chi connectivity index (χ4n) is 11.4. The third kappa shape index (κ3) is 4.70. The van der Waals surface area contributed by atoms with E-state index < -0.39 is 29.5 Å². The van der Waals surface area contributed by atoms with E-state index >= 15 is 0 Å². The van der Waals surface area contributed by atoms with Crippen molar-refractivity contribution in [3.05, 3.63) is 47.3 Å². The van der Waals surface area contributed by atoms with Crippen LogP contribution in [0.5, 0.6) is 0 Å². The Morgan fingerprint density at radius 2 is 1.90 bits per heavy atom. The second-order valence-corrected chi connectivity index (χ2v) is 16.2. The molecule has 3 N–H and O–H groups in total. The van der Waals surface area contributed by atoms with Crippen molar-refractivity contribution in [1.29, 1.82) is 0 Å². The summed E-state index contributed by atoms with van der Waals surface area (Å²) in [4.78, 5) is 26.9. The maximum Gasteiger partial charge on any atom is 0.306 e. The number of aliphatic hydroxyl groups is 1. The molecule has 2 aromatic rings. The molecular formula is C39H51N3O6. The van der Waals surface area contributed by atoms with Crippen LogP contribution in [0.15, 0.2) is 36.0 Å². The summed E-state index contributed by atoms with van der Waals surface area (Å²) in [6.07, 6.45) is 13.2. The molecule has 1 aromatic heterocycles. The minimum Gasteiger partial charge on any atom is -0.458 e. The number of carbonyl (C=O) groups excluding carboxylic acids is 2. The number of hydrogen-bond acceptors (Lipinski definition) is 8. The Labute approximate surface area is 283 Å². The van der Waals surface area contributed by atoms with Gasteiger partial charge in [-0.25, -0.2) is 4.68 Å². The molecule has 9 nitrogen and oxygen atoms in total. The summed E-state index contributed by atoms with van der Waals surface area (Å²) in [5, 5.41) is 17.1. The normalized spacial score (nSPS) is 38.6. The molecule has 1 unspecified atom stereocenters. The van der Waals surface area contributed by atoms with Gasteiger partial charge in [0.15, 0.2) is 18.5 Å². The molecule has 0 radical (unpaired) electrons. The SMILES string of the molecule is CCCC(=O)OCC(=O)[C@@]12OC(C3CCCCC3)O[C@@H]1C[C@H]1[C@@H]3CCC4=Cc5c(cnn5-c5ccc(N)cc5)C[C@]4(C)[C@H]3[C@@H](O)C[C@@]12C. The van der Waals surface area contributed by atoms with Gasteiger partial charge in [-0.2, -0.15) is 5.10 Å². The number of esters is 1. The van der Waals surface area contributed by atoms with E-state index in [1.54, 1.807) is 0 Å². The topological polar surface area (TPSA) is 126 Å². The molecule has 258 valence electrons. The smallest absolute Gasteiger partial charge is 0.306 e. The molecule has 5 fully saturated rings. The second-order valence-electron chi connectivity index (χ2n) is 16.2. The Bertz CT molecular complexity index is 1610. The number of ketones is 1. The summed E-state index contributed by atoms with van der Waals surface area (Å²) in [6, 6.07) is 7.80. The van der Waals surface area contributed by atoms with Gasteiger partial charge in [0.2, 0.25) is 5.78 Å². The number of aliphatic hydroxyl groups excluding tert-OH is 1. The maximum absolute atomic E-state index is 14.5. The summed E-state index contributed by atoms with van der Waals surface area (Å²) in [6.45, 7) is 6.11. The number of benzene rings is 1. The van der Waals surface area contributed by atoms with E-state index in [4.69, 9.17) is 25.0 Å². The van der Waals surface area contributed by atoms with Crippen LogP contribution in [0.4, 0.5) is 5.69 Å². The highest BCUT2D eigenvalue weighted by molar-refractivity contribution is 5.92. The van der Waals surface area contributed by atoms with Crippen molar-refractivity contribution < 1.29 is 28.9 Å². The minimum absolute atomic E-state index is 0.0334. The lowest BCUT2D eigenvalue weighted by molar-refractivity contribution is -0.212. The summed E-state index contributed by atoms with van der Waals surface area (Å²) in [5.41, 5.74) is 9.20. The molecule has 1 saturated heterocycles. The highest BCUT2D eigenvalue weighted by atomic mass is 16.7. The number of aromatic nitrogens is 2. The zero-order valence-electron chi connectivity index (χ0n) is 28.7. The summed E-state index contributed by atoms with van der Waals surface area (Å²) in [7, 11) is 0. The standard InChI is InChI=1S/C39H51N3O6/c1-4-8-34(45)46-22-32(44)39-33(47-36(48-39)23-9-6-5-7-10-23)18-29-28-16-11-25-17-30-24(21-41-42(30)27-14-12-26(40)13-15-27)19-37(25,2)35(28)31(43)20-38(29,39)3/h12-15,17,21,23,28-29,31,33,35-36,43H,4-11,16,18-20,22,40H2,1-3H3/t28-,29-,31-,33+,35+,36?,37-,38-,39+/m0/s1. The van der Waals surface area contributed by atoms with E-state index in [0.717, 1.165) is 68.4 Å². The summed E-state index contributed by atoms with van der Waals surface area (Å²) in [5.74, 6) is 0.0633. The first kappa shape index (κ1) is 32.2. The van der Waals surface area contributed by atoms with Crippen LogP contribution < -0.4 is 5.73 Å². The van der Waals surface area contributed by atoms with E-state index in [0.29, 0.717) is 12.8 Å². The fourth-order valence-corrected chi connectivity index (χ4v) is 11.4. The van der Waals surface area contributed by atoms with Gasteiger partial charge >= 0.3 is 5.97 Å². The lowest BCUT2D eigenvalue weighted by atomic mass is 9.45. The van der Waals surface area contributed by atoms with Crippen LogP contribution in [-0.4, -0.2) is 57.3 Å². The van der Waals surface area contributed by atoms with Gasteiger partial charge in [0.05, 0.1) is 29.8 Å². The van der Waals surface area contributed by atoms with E-state index in [1.165, 1.54) is 17.6 Å². The molecule has 48 heavy (non-hydrogen) atoms. The quantitative estimate of drug-likeness (QED) is 0.267. The predicted molar refractivity (Wildman–Crippen MR) is 181 cm³/mol. The molecular weight excluding hydrogens is 606 g/mol. The number of fused-ring (bicyclic) bond motifs is 8. The monoisotopic (exact) mass is 657 g/mol. The molecule has 2 heterocycles. The van der Waals surface area contributed by atoms with E-state index in [9.17, 15) is 14.7 Å². The molecule has 6 aliphatic rings. The van der Waals surface area contributed by atoms with Crippen LogP contribution in [0.2, 0.25) is 0 Å². The molecule has 9 atom stereocenters. The largest absolute Gasteiger partial charge is 0.458 e. The number of allylic oxidation sites excluding steroid dienone is 1. The van der Waals surface area contributed by atoms with Crippen molar-refractivity contribution in [2.24, 2.45) is 34.5 Å². The first-order valence-corrected chi connectivity index (χ1v) is 18.4. The molecule has 4 saturated carbocycles. The Balaban J connectivity index is 1.11. The van der Waals surface area contributed by atoms with Gasteiger partial charge in [0.25, 0.3) is 0 Å². The van der Waals surface area contributed by atoms with Crippen LogP contribution >= 0.6 is 0 Å². The molecule has 1 aromatic carbocycles. The minimum atomic E-state index is -1.24. The summed E-state index contributed by atoms with van der Waals surface area (Å²) < 4.78 is 21.4. The Hall–Kier alpha value is -3.01. The molecule has 0 bridgehead atoms. The molecule has 5 aliphatic carbocycles. The lowest BCUT2D eigenvalue weighted by Gasteiger charge is -2.60. The number of anilines is 1. The second kappa shape index (κ2) is 11.8. The first-order chi connectivity index (χ1) is 23.1. The number of ether oxygens (including phenoxy) is 3. The average Bonchev–Trinajstić information content (AvgIpc) is 3.73. The van der Waals surface area contributed by atoms with Gasteiger partial charge in [0.1, 0.15) is 0 Å². The predicted octanol–water partition coefficient (Wildman–Crippen LogP) is 6.19. The van der Waals surface area contributed by atoms with E-state index in [2.05, 4.69) is 19.9 Å². The lowest BCUT2D eigenvalue weighted by Crippen LogP contribution is -2.64. The van der Waals surface area contributed by atoms with Crippen LogP contribution in [0, 0.1) is 34.5 Å². The van der Waals surface area contributed by atoms with E-state index in [-0.39, 0.29) is 53.9 Å². The molecule has 0 amide bonds. The Morgan fingerprint density at radius 1 is 1.12 bits per heavy atom. The van der Waals surface area contributed by atoms with Crippen molar-refractivity contribution in [1.82, 2.24) is 9.78 Å². The van der Waals surface area contributed by atoms with Crippen molar-refractivity contribution in [2.75, 3.05) is 12.3 Å². The van der Waals surface area contributed by atoms with Crippen LogP contribution in [-0.2, 0) is 30.2 Å². The van der Waals surface area contributed by atoms with Gasteiger partial charge < -0.3 is 25.1 Å². The van der Waals surface area contributed by atoms with E-state index in [1.807, 2.05) is 42.1 Å². The molecule has 8 rings (SSSR count). The van der Waals surface area contributed by atoms with Crippen molar-refractivity contribution in [2.45, 2.75) is 122 Å². The number of hydrogen-bond donors (Lipinski definition) is 2. The first-order valence-electron chi connectivity index (χ1n) is 18.4. The van der Waals surface area contributed by atoms with Gasteiger partial charge in [-0.05, 0) is 110 Å². The zero-order valence-corrected chi connectivity index (χ0v) is 28.7. The molecule has 0 spiro atoms. The third-order valence-electron chi connectivity index (χ3n) is 13.6. The number of Topliss-reactive ketones (excluding diaryl/α,β-unsaturated/α-hetero) is 1. The highest BCUT2D eigenvalue weighted by Gasteiger charge is 2.76. The number of carbonyl (C=O) groups is 2. The van der Waals surface area contributed by atoms with Gasteiger partial charge in [0, 0.05) is 23.4 Å². The average molecular weight is 658 g/mol. The van der Waals surface area contributed by atoms with Crippen LogP contribution in [0.3, 0.4) is 0 Å². The van der Waals surface area contributed by atoms with Crippen molar-refractivity contribution in [3.8, 4) is 5.69 Å². The Kier molecular flexibility index (Phi) is 7.92. The fraction of sp³-hybridized carbons (Fsp3) is 0.667. The maximum atomic E-state index is 14.5.